The van der Waals surface area contributed by atoms with E-state index in [1.807, 2.05) is 0 Å². The summed E-state index contributed by atoms with van der Waals surface area (Å²) in [5.74, 6) is 0.523. The zero-order chi connectivity index (χ0) is 13.2. The van der Waals surface area contributed by atoms with E-state index in [-0.39, 0.29) is 5.54 Å². The molecule has 1 N–H and O–H groups in total. The number of hydrogen-bond acceptors (Lipinski definition) is 4. The molecule has 0 radical (unpaired) electrons. The molecule has 2 fully saturated rings. The van der Waals surface area contributed by atoms with Crippen LogP contribution in [0.15, 0.2) is 0 Å². The van der Waals surface area contributed by atoms with E-state index in [9.17, 15) is 5.26 Å². The van der Waals surface area contributed by atoms with Gasteiger partial charge in [-0.25, -0.2) is 0 Å². The summed E-state index contributed by atoms with van der Waals surface area (Å²) in [4.78, 5) is 2.31. The average molecular weight is 251 g/mol. The minimum Gasteiger partial charge on any atom is -0.380 e. The third-order valence-electron chi connectivity index (χ3n) is 4.05. The highest BCUT2D eigenvalue weighted by molar-refractivity contribution is 5.17. The molecule has 0 bridgehead atoms. The van der Waals surface area contributed by atoms with Crippen LogP contribution in [0.1, 0.15) is 33.1 Å². The molecular formula is C14H25N3O. The second-order valence-electron chi connectivity index (χ2n) is 6.09. The molecule has 1 heterocycles. The molecule has 0 aromatic carbocycles. The first-order chi connectivity index (χ1) is 8.57. The second-order valence-corrected chi connectivity index (χ2v) is 6.09. The van der Waals surface area contributed by atoms with Crippen LogP contribution >= 0.6 is 0 Å². The Hall–Kier alpha value is -0.630. The summed E-state index contributed by atoms with van der Waals surface area (Å²) >= 11 is 0. The molecule has 0 aromatic heterocycles. The highest BCUT2D eigenvalue weighted by Gasteiger charge is 2.47. The molecule has 0 aromatic rings. The van der Waals surface area contributed by atoms with Crippen LogP contribution in [0, 0.1) is 17.2 Å². The van der Waals surface area contributed by atoms with Crippen molar-refractivity contribution in [1.82, 2.24) is 10.2 Å². The number of likely N-dealkylation sites (N-methyl/N-ethyl adjacent to an activating group) is 1. The fraction of sp³-hybridized carbons (Fsp3) is 0.929. The third-order valence-corrected chi connectivity index (χ3v) is 4.05. The minimum atomic E-state index is -0.370. The van der Waals surface area contributed by atoms with Crippen LogP contribution in [-0.4, -0.2) is 49.3 Å². The molecule has 2 unspecified atom stereocenters. The Bertz CT molecular complexity index is 315. The van der Waals surface area contributed by atoms with Crippen LogP contribution in [0.2, 0.25) is 0 Å². The predicted octanol–water partition coefficient (Wildman–Crippen LogP) is 1.38. The third kappa shape index (κ3) is 3.03. The van der Waals surface area contributed by atoms with Gasteiger partial charge in [-0.15, -0.1) is 0 Å². The summed E-state index contributed by atoms with van der Waals surface area (Å²) in [6.07, 6.45) is 3.45. The molecule has 2 atom stereocenters. The van der Waals surface area contributed by atoms with Gasteiger partial charge in [0.15, 0.2) is 0 Å². The lowest BCUT2D eigenvalue weighted by molar-refractivity contribution is 0.136. The lowest BCUT2D eigenvalue weighted by Gasteiger charge is -2.36. The quantitative estimate of drug-likeness (QED) is 0.775. The van der Waals surface area contributed by atoms with E-state index in [1.54, 1.807) is 0 Å². The molecule has 0 spiro atoms. The maximum atomic E-state index is 9.66. The molecule has 2 aliphatic rings. The highest BCUT2D eigenvalue weighted by atomic mass is 16.5. The van der Waals surface area contributed by atoms with Crippen molar-refractivity contribution in [3.8, 4) is 6.07 Å². The molecule has 4 heteroatoms. The van der Waals surface area contributed by atoms with Crippen molar-refractivity contribution in [1.29, 1.82) is 5.26 Å². The first-order valence-corrected chi connectivity index (χ1v) is 7.04. The van der Waals surface area contributed by atoms with Gasteiger partial charge in [-0.05, 0) is 46.1 Å². The first kappa shape index (κ1) is 13.8. The Morgan fingerprint density at radius 1 is 1.44 bits per heavy atom. The van der Waals surface area contributed by atoms with Crippen molar-refractivity contribution in [2.45, 2.75) is 50.7 Å². The first-order valence-electron chi connectivity index (χ1n) is 7.04. The Morgan fingerprint density at radius 2 is 2.17 bits per heavy atom. The molecule has 18 heavy (non-hydrogen) atoms. The maximum Gasteiger partial charge on any atom is 0.122 e. The molecule has 1 aliphatic carbocycles. The topological polar surface area (TPSA) is 48.3 Å². The van der Waals surface area contributed by atoms with Gasteiger partial charge < -0.3 is 4.74 Å². The summed E-state index contributed by atoms with van der Waals surface area (Å²) in [5.41, 5.74) is -0.370. The van der Waals surface area contributed by atoms with Gasteiger partial charge in [0.1, 0.15) is 5.54 Å². The van der Waals surface area contributed by atoms with Crippen LogP contribution in [0.5, 0.6) is 0 Å². The Labute approximate surface area is 110 Å². The molecule has 102 valence electrons. The fourth-order valence-corrected chi connectivity index (χ4v) is 2.93. The fourth-order valence-electron chi connectivity index (χ4n) is 2.93. The number of nitriles is 1. The van der Waals surface area contributed by atoms with Crippen molar-refractivity contribution in [2.75, 3.05) is 26.8 Å². The van der Waals surface area contributed by atoms with Gasteiger partial charge in [0.25, 0.3) is 0 Å². The van der Waals surface area contributed by atoms with E-state index in [0.29, 0.717) is 18.0 Å². The van der Waals surface area contributed by atoms with Gasteiger partial charge in [0, 0.05) is 25.2 Å². The van der Waals surface area contributed by atoms with Crippen LogP contribution in [0.3, 0.4) is 0 Å². The van der Waals surface area contributed by atoms with Gasteiger partial charge in [0.2, 0.25) is 0 Å². The van der Waals surface area contributed by atoms with Crippen LogP contribution < -0.4 is 5.32 Å². The van der Waals surface area contributed by atoms with Crippen LogP contribution in [0.4, 0.5) is 0 Å². The lowest BCUT2D eigenvalue weighted by Crippen LogP contribution is -2.57. The van der Waals surface area contributed by atoms with Gasteiger partial charge in [-0.2, -0.15) is 5.26 Å². The van der Waals surface area contributed by atoms with E-state index in [1.165, 1.54) is 12.8 Å². The highest BCUT2D eigenvalue weighted by Crippen LogP contribution is 2.40. The van der Waals surface area contributed by atoms with Gasteiger partial charge in [-0.1, -0.05) is 0 Å². The zero-order valence-corrected chi connectivity index (χ0v) is 11.8. The van der Waals surface area contributed by atoms with Crippen molar-refractivity contribution < 1.29 is 4.74 Å². The smallest absolute Gasteiger partial charge is 0.122 e. The van der Waals surface area contributed by atoms with Gasteiger partial charge >= 0.3 is 0 Å². The van der Waals surface area contributed by atoms with Crippen molar-refractivity contribution >= 4 is 0 Å². The summed E-state index contributed by atoms with van der Waals surface area (Å²) in [6, 6.07) is 3.39. The summed E-state index contributed by atoms with van der Waals surface area (Å²) < 4.78 is 5.44. The normalized spacial score (nSPS) is 27.4. The Balaban J connectivity index is 2.02. The van der Waals surface area contributed by atoms with Crippen molar-refractivity contribution in [3.63, 3.8) is 0 Å². The van der Waals surface area contributed by atoms with E-state index in [2.05, 4.69) is 37.2 Å². The lowest BCUT2D eigenvalue weighted by atomic mass is 9.92. The van der Waals surface area contributed by atoms with E-state index in [0.717, 1.165) is 26.2 Å². The Kier molecular flexibility index (Phi) is 4.26. The van der Waals surface area contributed by atoms with Gasteiger partial charge in [-0.3, -0.25) is 10.2 Å². The van der Waals surface area contributed by atoms with Crippen molar-refractivity contribution in [2.24, 2.45) is 5.92 Å². The molecule has 4 nitrogen and oxygen atoms in total. The monoisotopic (exact) mass is 251 g/mol. The van der Waals surface area contributed by atoms with E-state index in [4.69, 9.17) is 4.74 Å². The standard InChI is InChI=1S/C14H25N3O/c1-11(2)16-14(9-15,12-4-5-12)10-17(3)13-6-7-18-8-13/h11-13,16H,4-8,10H2,1-3H3. The van der Waals surface area contributed by atoms with E-state index >= 15 is 0 Å². The number of hydrogen-bond donors (Lipinski definition) is 1. The number of nitrogens with zero attached hydrogens (tertiary/aromatic N) is 2. The molecule has 1 saturated carbocycles. The molecule has 1 saturated heterocycles. The van der Waals surface area contributed by atoms with E-state index < -0.39 is 0 Å². The maximum absolute atomic E-state index is 9.66. The number of ether oxygens (including phenoxy) is 1. The summed E-state index contributed by atoms with van der Waals surface area (Å²) in [5, 5.41) is 13.2. The SMILES string of the molecule is CC(C)NC(C#N)(CN(C)C1CCOC1)C1CC1. The average Bonchev–Trinajstić information content (AvgIpc) is 3.03. The number of rotatable bonds is 6. The predicted molar refractivity (Wildman–Crippen MR) is 71.2 cm³/mol. The molecular weight excluding hydrogens is 226 g/mol. The van der Waals surface area contributed by atoms with Gasteiger partial charge in [0.05, 0.1) is 12.7 Å². The van der Waals surface area contributed by atoms with Crippen molar-refractivity contribution in [3.05, 3.63) is 0 Å². The summed E-state index contributed by atoms with van der Waals surface area (Å²) in [6.45, 7) is 6.71. The molecule has 2 rings (SSSR count). The molecule has 1 aliphatic heterocycles. The largest absolute Gasteiger partial charge is 0.380 e. The molecule has 0 amide bonds. The summed E-state index contributed by atoms with van der Waals surface area (Å²) in [7, 11) is 2.12. The van der Waals surface area contributed by atoms with Crippen LogP contribution in [0.25, 0.3) is 0 Å². The Morgan fingerprint density at radius 3 is 2.61 bits per heavy atom. The van der Waals surface area contributed by atoms with Crippen LogP contribution in [-0.2, 0) is 4.74 Å². The number of nitrogens with one attached hydrogen (secondary N) is 1. The minimum absolute atomic E-state index is 0.346. The second kappa shape index (κ2) is 5.56. The zero-order valence-electron chi connectivity index (χ0n) is 11.8.